The molecule has 102 valence electrons. The van der Waals surface area contributed by atoms with Crippen LogP contribution in [-0.2, 0) is 13.0 Å². The number of aromatic nitrogens is 3. The Bertz CT molecular complexity index is 516. The second-order valence-corrected chi connectivity index (χ2v) is 5.10. The zero-order valence-electron chi connectivity index (χ0n) is 11.9. The molecule has 0 aromatic carbocycles. The van der Waals surface area contributed by atoms with Crippen LogP contribution in [0.3, 0.4) is 0 Å². The van der Waals surface area contributed by atoms with E-state index in [1.165, 1.54) is 5.56 Å². The Hall–Kier alpha value is -1.68. The summed E-state index contributed by atoms with van der Waals surface area (Å²) in [6, 6.07) is 2.07. The molecular formula is C15H22N4. The lowest BCUT2D eigenvalue weighted by Gasteiger charge is -2.13. The first-order chi connectivity index (χ1) is 9.22. The quantitative estimate of drug-likeness (QED) is 0.866. The number of hydrogen-bond donors (Lipinski definition) is 1. The summed E-state index contributed by atoms with van der Waals surface area (Å²) in [4.78, 5) is 8.62. The zero-order chi connectivity index (χ0) is 13.7. The molecule has 0 spiro atoms. The Labute approximate surface area is 114 Å². The molecule has 0 saturated carbocycles. The molecule has 4 heteroatoms. The predicted molar refractivity (Wildman–Crippen MR) is 77.3 cm³/mol. The fraction of sp³-hybridized carbons (Fsp3) is 0.467. The Kier molecular flexibility index (Phi) is 4.68. The van der Waals surface area contributed by atoms with Crippen LogP contribution in [0.2, 0.25) is 0 Å². The molecule has 0 fully saturated rings. The van der Waals surface area contributed by atoms with E-state index in [0.717, 1.165) is 31.0 Å². The van der Waals surface area contributed by atoms with Crippen molar-refractivity contribution in [1.29, 1.82) is 0 Å². The topological polar surface area (TPSA) is 42.7 Å². The molecule has 0 saturated heterocycles. The molecule has 0 bridgehead atoms. The van der Waals surface area contributed by atoms with E-state index in [9.17, 15) is 0 Å². The van der Waals surface area contributed by atoms with Crippen molar-refractivity contribution in [2.45, 2.75) is 33.7 Å². The zero-order valence-corrected chi connectivity index (χ0v) is 11.9. The molecule has 2 aromatic rings. The van der Waals surface area contributed by atoms with Gasteiger partial charge in [0.1, 0.15) is 5.82 Å². The van der Waals surface area contributed by atoms with Gasteiger partial charge >= 0.3 is 0 Å². The summed E-state index contributed by atoms with van der Waals surface area (Å²) in [5.41, 5.74) is 2.37. The van der Waals surface area contributed by atoms with Crippen LogP contribution < -0.4 is 5.32 Å². The molecule has 0 aliphatic rings. The summed E-state index contributed by atoms with van der Waals surface area (Å²) in [5.74, 6) is 1.72. The number of nitrogens with one attached hydrogen (secondary N) is 1. The van der Waals surface area contributed by atoms with Crippen LogP contribution in [0.15, 0.2) is 30.9 Å². The number of nitrogens with zero attached hydrogens (tertiary/aromatic N) is 3. The number of aryl methyl sites for hydroxylation is 1. The van der Waals surface area contributed by atoms with E-state index >= 15 is 0 Å². The average molecular weight is 258 g/mol. The first kappa shape index (κ1) is 13.7. The minimum Gasteiger partial charge on any atom is -0.312 e. The molecule has 19 heavy (non-hydrogen) atoms. The fourth-order valence-corrected chi connectivity index (χ4v) is 2.09. The van der Waals surface area contributed by atoms with Crippen molar-refractivity contribution < 1.29 is 0 Å². The van der Waals surface area contributed by atoms with Crippen molar-refractivity contribution >= 4 is 0 Å². The van der Waals surface area contributed by atoms with Gasteiger partial charge in [-0.05, 0) is 24.1 Å². The third-order valence-corrected chi connectivity index (χ3v) is 3.05. The highest BCUT2D eigenvalue weighted by atomic mass is 15.1. The number of pyridine rings is 1. The molecule has 2 aromatic heterocycles. The normalized spacial score (nSPS) is 11.2. The lowest BCUT2D eigenvalue weighted by atomic mass is 10.2. The fourth-order valence-electron chi connectivity index (χ4n) is 2.09. The van der Waals surface area contributed by atoms with E-state index in [2.05, 4.69) is 46.7 Å². The molecule has 2 rings (SSSR count). The van der Waals surface area contributed by atoms with Crippen LogP contribution in [0.1, 0.15) is 32.2 Å². The van der Waals surface area contributed by atoms with Crippen molar-refractivity contribution in [2.24, 2.45) is 5.92 Å². The van der Waals surface area contributed by atoms with E-state index in [1.54, 1.807) is 0 Å². The molecule has 0 unspecified atom stereocenters. The molecule has 2 heterocycles. The minimum atomic E-state index is 0.657. The minimum absolute atomic E-state index is 0.657. The standard InChI is InChI=1S/C15H22N4/c1-4-15-18-7-8-19(15)14-11-16-6-5-13(14)10-17-9-12(2)3/h5-8,11-12,17H,4,9-10H2,1-3H3. The molecular weight excluding hydrogens is 236 g/mol. The second-order valence-electron chi connectivity index (χ2n) is 5.10. The summed E-state index contributed by atoms with van der Waals surface area (Å²) >= 11 is 0. The van der Waals surface area contributed by atoms with Crippen LogP contribution in [0, 0.1) is 5.92 Å². The van der Waals surface area contributed by atoms with Gasteiger partial charge in [-0.15, -0.1) is 0 Å². The van der Waals surface area contributed by atoms with Gasteiger partial charge in [0, 0.05) is 31.6 Å². The maximum absolute atomic E-state index is 4.38. The largest absolute Gasteiger partial charge is 0.312 e. The van der Waals surface area contributed by atoms with Gasteiger partial charge in [0.25, 0.3) is 0 Å². The summed E-state index contributed by atoms with van der Waals surface area (Å²) in [7, 11) is 0. The molecule has 4 nitrogen and oxygen atoms in total. The third kappa shape index (κ3) is 3.41. The maximum Gasteiger partial charge on any atom is 0.112 e. The maximum atomic E-state index is 4.38. The van der Waals surface area contributed by atoms with Gasteiger partial charge in [0.05, 0.1) is 11.9 Å². The number of rotatable bonds is 6. The van der Waals surface area contributed by atoms with E-state index in [1.807, 2.05) is 24.8 Å². The van der Waals surface area contributed by atoms with Crippen molar-refractivity contribution in [3.63, 3.8) is 0 Å². The van der Waals surface area contributed by atoms with Crippen LogP contribution in [0.4, 0.5) is 0 Å². The highest BCUT2D eigenvalue weighted by Gasteiger charge is 2.08. The molecule has 0 amide bonds. The second kappa shape index (κ2) is 6.48. The number of imidazole rings is 1. The predicted octanol–water partition coefficient (Wildman–Crippen LogP) is 2.58. The van der Waals surface area contributed by atoms with Crippen LogP contribution in [0.5, 0.6) is 0 Å². The van der Waals surface area contributed by atoms with Crippen molar-refractivity contribution in [1.82, 2.24) is 19.9 Å². The van der Waals surface area contributed by atoms with Crippen molar-refractivity contribution in [3.8, 4) is 5.69 Å². The highest BCUT2D eigenvalue weighted by molar-refractivity contribution is 5.39. The van der Waals surface area contributed by atoms with Crippen LogP contribution >= 0.6 is 0 Å². The Morgan fingerprint density at radius 1 is 1.32 bits per heavy atom. The van der Waals surface area contributed by atoms with Gasteiger partial charge in [0.15, 0.2) is 0 Å². The lowest BCUT2D eigenvalue weighted by molar-refractivity contribution is 0.551. The van der Waals surface area contributed by atoms with Gasteiger partial charge in [0.2, 0.25) is 0 Å². The summed E-state index contributed by atoms with van der Waals surface area (Å²) in [6.07, 6.45) is 8.52. The third-order valence-electron chi connectivity index (χ3n) is 3.05. The summed E-state index contributed by atoms with van der Waals surface area (Å²) < 4.78 is 2.12. The Morgan fingerprint density at radius 3 is 2.89 bits per heavy atom. The van der Waals surface area contributed by atoms with Crippen molar-refractivity contribution in [3.05, 3.63) is 42.2 Å². The molecule has 1 N–H and O–H groups in total. The first-order valence-electron chi connectivity index (χ1n) is 6.88. The summed E-state index contributed by atoms with van der Waals surface area (Å²) in [5, 5.41) is 3.48. The SMILES string of the molecule is CCc1nccn1-c1cnccc1CNCC(C)C. The van der Waals surface area contributed by atoms with Crippen LogP contribution in [0.25, 0.3) is 5.69 Å². The summed E-state index contributed by atoms with van der Waals surface area (Å²) in [6.45, 7) is 8.42. The molecule has 0 atom stereocenters. The number of hydrogen-bond acceptors (Lipinski definition) is 3. The van der Waals surface area contributed by atoms with E-state index in [-0.39, 0.29) is 0 Å². The Balaban J connectivity index is 2.21. The smallest absolute Gasteiger partial charge is 0.112 e. The Morgan fingerprint density at radius 2 is 2.16 bits per heavy atom. The highest BCUT2D eigenvalue weighted by Crippen LogP contribution is 2.15. The molecule has 0 aliphatic carbocycles. The van der Waals surface area contributed by atoms with Gasteiger partial charge in [-0.3, -0.25) is 4.98 Å². The van der Waals surface area contributed by atoms with Crippen LogP contribution in [-0.4, -0.2) is 21.1 Å². The van der Waals surface area contributed by atoms with Gasteiger partial charge in [-0.25, -0.2) is 4.98 Å². The van der Waals surface area contributed by atoms with Gasteiger partial charge in [-0.2, -0.15) is 0 Å². The molecule has 0 aliphatic heterocycles. The van der Waals surface area contributed by atoms with Gasteiger partial charge in [-0.1, -0.05) is 20.8 Å². The van der Waals surface area contributed by atoms with E-state index < -0.39 is 0 Å². The average Bonchev–Trinajstić information content (AvgIpc) is 2.87. The lowest BCUT2D eigenvalue weighted by Crippen LogP contribution is -2.20. The van der Waals surface area contributed by atoms with Gasteiger partial charge < -0.3 is 9.88 Å². The monoisotopic (exact) mass is 258 g/mol. The van der Waals surface area contributed by atoms with E-state index in [4.69, 9.17) is 0 Å². The molecule has 0 radical (unpaired) electrons. The first-order valence-corrected chi connectivity index (χ1v) is 6.88. The van der Waals surface area contributed by atoms with Crippen molar-refractivity contribution in [2.75, 3.05) is 6.54 Å². The van der Waals surface area contributed by atoms with E-state index in [0.29, 0.717) is 5.92 Å².